The molecule has 1 aliphatic heterocycles. The highest BCUT2D eigenvalue weighted by Gasteiger charge is 2.27. The van der Waals surface area contributed by atoms with Gasteiger partial charge in [0.25, 0.3) is 0 Å². The molecule has 0 unspecified atom stereocenters. The van der Waals surface area contributed by atoms with Gasteiger partial charge in [0.15, 0.2) is 5.96 Å². The molecule has 2 heterocycles. The van der Waals surface area contributed by atoms with E-state index in [-0.39, 0.29) is 42.2 Å². The SMILES string of the molecule is CN=C(NCc1ccc(F)cc1)N1CCN(c2cnn(C)c2)C(=O)C1.I. The topological polar surface area (TPSA) is 65.8 Å². The summed E-state index contributed by atoms with van der Waals surface area (Å²) in [5, 5.41) is 7.33. The van der Waals surface area contributed by atoms with E-state index in [0.29, 0.717) is 25.6 Å². The van der Waals surface area contributed by atoms with E-state index in [1.807, 2.05) is 18.1 Å². The van der Waals surface area contributed by atoms with Gasteiger partial charge in [-0.1, -0.05) is 12.1 Å². The van der Waals surface area contributed by atoms with Crippen LogP contribution < -0.4 is 10.2 Å². The molecule has 0 saturated carbocycles. The Morgan fingerprint density at radius 2 is 2.04 bits per heavy atom. The molecule has 1 saturated heterocycles. The van der Waals surface area contributed by atoms with E-state index >= 15 is 0 Å². The first-order valence-electron chi connectivity index (χ1n) is 8.06. The van der Waals surface area contributed by atoms with Crippen molar-refractivity contribution in [2.24, 2.45) is 12.0 Å². The van der Waals surface area contributed by atoms with Gasteiger partial charge in [0.2, 0.25) is 5.91 Å². The summed E-state index contributed by atoms with van der Waals surface area (Å²) >= 11 is 0. The van der Waals surface area contributed by atoms with Crippen LogP contribution in [0.2, 0.25) is 0 Å². The van der Waals surface area contributed by atoms with Gasteiger partial charge < -0.3 is 15.1 Å². The van der Waals surface area contributed by atoms with Gasteiger partial charge in [-0.3, -0.25) is 14.5 Å². The lowest BCUT2D eigenvalue weighted by molar-refractivity contribution is -0.120. The van der Waals surface area contributed by atoms with Crippen LogP contribution in [0.3, 0.4) is 0 Å². The van der Waals surface area contributed by atoms with Gasteiger partial charge in [-0.05, 0) is 17.7 Å². The summed E-state index contributed by atoms with van der Waals surface area (Å²) < 4.78 is 14.6. The standard InChI is InChI=1S/C17H21FN6O.HI/c1-19-17(20-9-13-3-5-14(18)6-4-13)23-7-8-24(16(25)12-23)15-10-21-22(2)11-15;/h3-6,10-11H,7-9,12H2,1-2H3,(H,19,20);1H. The van der Waals surface area contributed by atoms with Crippen LogP contribution in [0.4, 0.5) is 10.1 Å². The number of carbonyl (C=O) groups excluding carboxylic acids is 1. The van der Waals surface area contributed by atoms with Crippen LogP contribution in [0.25, 0.3) is 0 Å². The van der Waals surface area contributed by atoms with Crippen molar-refractivity contribution in [2.45, 2.75) is 6.54 Å². The zero-order valence-electron chi connectivity index (χ0n) is 14.7. The Morgan fingerprint density at radius 3 is 2.62 bits per heavy atom. The molecule has 1 N–H and O–H groups in total. The van der Waals surface area contributed by atoms with E-state index in [2.05, 4.69) is 15.4 Å². The lowest BCUT2D eigenvalue weighted by Gasteiger charge is -2.35. The summed E-state index contributed by atoms with van der Waals surface area (Å²) in [6, 6.07) is 6.30. The van der Waals surface area contributed by atoms with Crippen LogP contribution in [0, 0.1) is 5.82 Å². The number of hydrogen-bond acceptors (Lipinski definition) is 3. The quantitative estimate of drug-likeness (QED) is 0.419. The molecular formula is C17H22FIN6O. The number of amides is 1. The fourth-order valence-corrected chi connectivity index (χ4v) is 2.79. The van der Waals surface area contributed by atoms with Crippen molar-refractivity contribution in [3.8, 4) is 0 Å². The molecule has 2 aromatic rings. The number of hydrogen-bond donors (Lipinski definition) is 1. The maximum Gasteiger partial charge on any atom is 0.246 e. The van der Waals surface area contributed by atoms with Crippen molar-refractivity contribution in [2.75, 3.05) is 31.6 Å². The van der Waals surface area contributed by atoms with Gasteiger partial charge >= 0.3 is 0 Å². The number of carbonyl (C=O) groups is 1. The van der Waals surface area contributed by atoms with E-state index in [1.54, 1.807) is 35.0 Å². The van der Waals surface area contributed by atoms with Crippen LogP contribution >= 0.6 is 24.0 Å². The largest absolute Gasteiger partial charge is 0.352 e. The average Bonchev–Trinajstić information content (AvgIpc) is 3.03. The summed E-state index contributed by atoms with van der Waals surface area (Å²) in [5.41, 5.74) is 1.75. The Labute approximate surface area is 168 Å². The van der Waals surface area contributed by atoms with Crippen LogP contribution in [0.15, 0.2) is 41.7 Å². The number of aryl methyl sites for hydroxylation is 1. The first kappa shape index (κ1) is 20.1. The van der Waals surface area contributed by atoms with Gasteiger partial charge in [-0.2, -0.15) is 5.10 Å². The summed E-state index contributed by atoms with van der Waals surface area (Å²) in [6.45, 7) is 2.01. The summed E-state index contributed by atoms with van der Waals surface area (Å²) in [4.78, 5) is 20.4. The number of nitrogens with zero attached hydrogens (tertiary/aromatic N) is 5. The van der Waals surface area contributed by atoms with Crippen molar-refractivity contribution in [3.63, 3.8) is 0 Å². The van der Waals surface area contributed by atoms with Gasteiger partial charge in [0, 0.05) is 39.9 Å². The lowest BCUT2D eigenvalue weighted by atomic mass is 10.2. The molecule has 3 rings (SSSR count). The molecule has 0 aliphatic carbocycles. The van der Waals surface area contributed by atoms with E-state index in [9.17, 15) is 9.18 Å². The van der Waals surface area contributed by atoms with Crippen molar-refractivity contribution in [1.82, 2.24) is 20.0 Å². The fourth-order valence-electron chi connectivity index (χ4n) is 2.79. The Balaban J connectivity index is 0.00000243. The number of anilines is 1. The molecule has 9 heteroatoms. The van der Waals surface area contributed by atoms with Crippen molar-refractivity contribution >= 4 is 41.5 Å². The Bertz CT molecular complexity index is 776. The Hall–Kier alpha value is -2.17. The second-order valence-corrected chi connectivity index (χ2v) is 5.87. The minimum Gasteiger partial charge on any atom is -0.352 e. The molecule has 7 nitrogen and oxygen atoms in total. The monoisotopic (exact) mass is 472 g/mol. The third kappa shape index (κ3) is 4.71. The van der Waals surface area contributed by atoms with E-state index in [0.717, 1.165) is 11.3 Å². The smallest absolute Gasteiger partial charge is 0.246 e. The third-order valence-electron chi connectivity index (χ3n) is 4.10. The lowest BCUT2D eigenvalue weighted by Crippen LogP contribution is -2.55. The summed E-state index contributed by atoms with van der Waals surface area (Å²) in [5.74, 6) is 0.401. The number of benzene rings is 1. The molecule has 0 radical (unpaired) electrons. The molecule has 0 atom stereocenters. The predicted octanol–water partition coefficient (Wildman–Crippen LogP) is 1.60. The van der Waals surface area contributed by atoms with Crippen LogP contribution in [-0.2, 0) is 18.4 Å². The number of halogens is 2. The first-order chi connectivity index (χ1) is 12.1. The molecule has 0 bridgehead atoms. The van der Waals surface area contributed by atoms with Gasteiger partial charge in [-0.25, -0.2) is 4.39 Å². The number of aliphatic imine (C=N–C) groups is 1. The molecule has 140 valence electrons. The van der Waals surface area contributed by atoms with E-state index in [4.69, 9.17) is 0 Å². The summed E-state index contributed by atoms with van der Waals surface area (Å²) in [7, 11) is 3.51. The Morgan fingerprint density at radius 1 is 1.31 bits per heavy atom. The highest BCUT2D eigenvalue weighted by atomic mass is 127. The minimum atomic E-state index is -0.259. The predicted molar refractivity (Wildman–Crippen MR) is 109 cm³/mol. The third-order valence-corrected chi connectivity index (χ3v) is 4.10. The maximum absolute atomic E-state index is 13.0. The zero-order chi connectivity index (χ0) is 17.8. The maximum atomic E-state index is 13.0. The second kappa shape index (κ2) is 8.97. The van der Waals surface area contributed by atoms with Gasteiger partial charge in [0.05, 0.1) is 11.9 Å². The fraction of sp³-hybridized carbons (Fsp3) is 0.353. The summed E-state index contributed by atoms with van der Waals surface area (Å²) in [6.07, 6.45) is 3.52. The van der Waals surface area contributed by atoms with Crippen molar-refractivity contribution in [1.29, 1.82) is 0 Å². The van der Waals surface area contributed by atoms with Gasteiger partial charge in [-0.15, -0.1) is 24.0 Å². The number of nitrogens with one attached hydrogen (secondary N) is 1. The number of guanidine groups is 1. The number of piperazine rings is 1. The molecule has 26 heavy (non-hydrogen) atoms. The van der Waals surface area contributed by atoms with Crippen molar-refractivity contribution < 1.29 is 9.18 Å². The molecule has 0 spiro atoms. The van der Waals surface area contributed by atoms with Crippen molar-refractivity contribution in [3.05, 3.63) is 48.0 Å². The van der Waals surface area contributed by atoms with E-state index in [1.165, 1.54) is 12.1 Å². The number of rotatable bonds is 3. The van der Waals surface area contributed by atoms with E-state index < -0.39 is 0 Å². The van der Waals surface area contributed by atoms with Crippen LogP contribution in [-0.4, -0.2) is 53.2 Å². The minimum absolute atomic E-state index is 0. The number of aromatic nitrogens is 2. The second-order valence-electron chi connectivity index (χ2n) is 5.87. The first-order valence-corrected chi connectivity index (χ1v) is 8.06. The normalized spacial score (nSPS) is 15.0. The molecule has 1 aliphatic rings. The molecule has 1 amide bonds. The average molecular weight is 472 g/mol. The highest BCUT2D eigenvalue weighted by molar-refractivity contribution is 14.0. The molecule has 1 aromatic heterocycles. The highest BCUT2D eigenvalue weighted by Crippen LogP contribution is 2.16. The molecule has 1 fully saturated rings. The Kier molecular flexibility index (Phi) is 6.95. The van der Waals surface area contributed by atoms with Crippen LogP contribution in [0.5, 0.6) is 0 Å². The zero-order valence-corrected chi connectivity index (χ0v) is 17.1. The van der Waals surface area contributed by atoms with Gasteiger partial charge in [0.1, 0.15) is 12.4 Å². The molecular weight excluding hydrogens is 450 g/mol. The van der Waals surface area contributed by atoms with Crippen LogP contribution in [0.1, 0.15) is 5.56 Å². The molecule has 1 aromatic carbocycles.